The van der Waals surface area contributed by atoms with Gasteiger partial charge in [0.2, 0.25) is 5.12 Å². The number of ketones is 1. The van der Waals surface area contributed by atoms with Crippen molar-refractivity contribution in [3.63, 3.8) is 0 Å². The molecule has 0 radical (unpaired) electrons. The van der Waals surface area contributed by atoms with Crippen molar-refractivity contribution in [2.45, 2.75) is 57.7 Å². The molecule has 0 amide bonds. The van der Waals surface area contributed by atoms with Crippen LogP contribution in [-0.4, -0.2) is 32.8 Å². The lowest BCUT2D eigenvalue weighted by Crippen LogP contribution is -2.60. The molecule has 4 aliphatic rings. The molecule has 25 heavy (non-hydrogen) atoms. The first kappa shape index (κ1) is 17.5. The maximum atomic E-state index is 12.1. The van der Waals surface area contributed by atoms with Gasteiger partial charge >= 0.3 is 0 Å². The molecule has 0 saturated heterocycles. The number of rotatable bonds is 1. The molecule has 3 saturated carbocycles. The van der Waals surface area contributed by atoms with Crippen LogP contribution in [0.4, 0.5) is 0 Å². The molecule has 136 valence electrons. The van der Waals surface area contributed by atoms with E-state index in [0.29, 0.717) is 12.8 Å². The van der Waals surface area contributed by atoms with E-state index in [1.54, 1.807) is 12.2 Å². The van der Waals surface area contributed by atoms with Gasteiger partial charge in [-0.05, 0) is 56.1 Å². The third-order valence-electron chi connectivity index (χ3n) is 8.00. The van der Waals surface area contributed by atoms with Gasteiger partial charge in [0.05, 0.1) is 6.10 Å². The van der Waals surface area contributed by atoms with E-state index >= 15 is 0 Å². The molecule has 0 aromatic rings. The first-order valence-corrected chi connectivity index (χ1v) is 9.66. The summed E-state index contributed by atoms with van der Waals surface area (Å²) >= 11 is 3.97. The van der Waals surface area contributed by atoms with Crippen molar-refractivity contribution in [1.82, 2.24) is 0 Å². The summed E-state index contributed by atoms with van der Waals surface area (Å²) in [7, 11) is 0. The Balaban J connectivity index is 1.76. The van der Waals surface area contributed by atoms with E-state index in [9.17, 15) is 19.8 Å². The summed E-state index contributed by atoms with van der Waals surface area (Å²) in [6.07, 6.45) is 8.03. The van der Waals surface area contributed by atoms with E-state index in [4.69, 9.17) is 0 Å². The molecule has 7 atom stereocenters. The van der Waals surface area contributed by atoms with E-state index in [2.05, 4.69) is 19.6 Å². The zero-order valence-corrected chi connectivity index (χ0v) is 15.6. The Hall–Kier alpha value is -0.910. The second-order valence-corrected chi connectivity index (χ2v) is 9.32. The Morgan fingerprint density at radius 1 is 1.32 bits per heavy atom. The van der Waals surface area contributed by atoms with Crippen LogP contribution < -0.4 is 0 Å². The van der Waals surface area contributed by atoms with Crippen LogP contribution in [-0.2, 0) is 9.59 Å². The third kappa shape index (κ3) is 2.09. The van der Waals surface area contributed by atoms with Crippen molar-refractivity contribution in [2.24, 2.45) is 28.6 Å². The third-order valence-corrected chi connectivity index (χ3v) is 8.37. The number of carbonyl (C=O) groups excluding carboxylic acids is 2. The Bertz CT molecular complexity index is 712. The Morgan fingerprint density at radius 3 is 2.72 bits per heavy atom. The summed E-state index contributed by atoms with van der Waals surface area (Å²) in [5.74, 6) is 0.464. The predicted octanol–water partition coefficient (Wildman–Crippen LogP) is 2.45. The zero-order valence-electron chi connectivity index (χ0n) is 14.7. The summed E-state index contributed by atoms with van der Waals surface area (Å²) in [6, 6.07) is 0. The van der Waals surface area contributed by atoms with E-state index < -0.39 is 22.2 Å². The molecule has 0 spiro atoms. The fourth-order valence-electron chi connectivity index (χ4n) is 6.68. The van der Waals surface area contributed by atoms with Crippen LogP contribution in [0.5, 0.6) is 0 Å². The Kier molecular flexibility index (Phi) is 3.71. The minimum atomic E-state index is -1.46. The van der Waals surface area contributed by atoms with Gasteiger partial charge in [-0.2, -0.15) is 0 Å². The molecule has 4 nitrogen and oxygen atoms in total. The van der Waals surface area contributed by atoms with Crippen LogP contribution in [0.1, 0.15) is 46.0 Å². The minimum Gasteiger partial charge on any atom is -0.393 e. The summed E-state index contributed by atoms with van der Waals surface area (Å²) < 4.78 is 0. The second-order valence-electron chi connectivity index (χ2n) is 8.92. The number of hydrogen-bond acceptors (Lipinski definition) is 4. The molecule has 2 N–H and O–H groups in total. The molecule has 0 heterocycles. The number of thiol groups is 1. The van der Waals surface area contributed by atoms with Crippen LogP contribution in [0.2, 0.25) is 0 Å². The highest BCUT2D eigenvalue weighted by Gasteiger charge is 2.67. The van der Waals surface area contributed by atoms with Crippen LogP contribution in [0.25, 0.3) is 0 Å². The Morgan fingerprint density at radius 2 is 2.04 bits per heavy atom. The molecule has 5 heteroatoms. The average Bonchev–Trinajstić information content (AvgIpc) is 2.80. The van der Waals surface area contributed by atoms with Gasteiger partial charge in [0, 0.05) is 16.7 Å². The van der Waals surface area contributed by atoms with Gasteiger partial charge in [-0.1, -0.05) is 25.5 Å². The number of hydrogen-bond donors (Lipinski definition) is 3. The van der Waals surface area contributed by atoms with Gasteiger partial charge < -0.3 is 10.2 Å². The van der Waals surface area contributed by atoms with Crippen molar-refractivity contribution in [1.29, 1.82) is 0 Å². The molecular weight excluding hydrogens is 336 g/mol. The van der Waals surface area contributed by atoms with E-state index in [0.717, 1.165) is 24.8 Å². The molecule has 4 aliphatic carbocycles. The fourth-order valence-corrected chi connectivity index (χ4v) is 7.05. The van der Waals surface area contributed by atoms with Crippen molar-refractivity contribution < 1.29 is 19.8 Å². The summed E-state index contributed by atoms with van der Waals surface area (Å²) in [4.78, 5) is 23.9. The zero-order chi connectivity index (χ0) is 18.2. The topological polar surface area (TPSA) is 74.6 Å². The van der Waals surface area contributed by atoms with Crippen LogP contribution in [0.15, 0.2) is 23.8 Å². The molecule has 0 aromatic carbocycles. The molecule has 4 rings (SSSR count). The molecule has 0 aromatic heterocycles. The van der Waals surface area contributed by atoms with E-state index in [-0.39, 0.29) is 29.0 Å². The normalized spacial score (nSPS) is 51.4. The van der Waals surface area contributed by atoms with Crippen molar-refractivity contribution in [3.8, 4) is 0 Å². The lowest BCUT2D eigenvalue weighted by atomic mass is 9.46. The van der Waals surface area contributed by atoms with Crippen LogP contribution in [0, 0.1) is 28.6 Å². The lowest BCUT2D eigenvalue weighted by molar-refractivity contribution is -0.169. The smallest absolute Gasteiger partial charge is 0.218 e. The molecule has 0 bridgehead atoms. The van der Waals surface area contributed by atoms with Crippen LogP contribution in [0.3, 0.4) is 0 Å². The first-order valence-electron chi connectivity index (χ1n) is 9.21. The molecular formula is C20H26O4S. The van der Waals surface area contributed by atoms with Gasteiger partial charge in [0.25, 0.3) is 0 Å². The summed E-state index contributed by atoms with van der Waals surface area (Å²) in [5, 5.41) is 21.7. The average molecular weight is 362 g/mol. The largest absolute Gasteiger partial charge is 0.393 e. The molecule has 3 fully saturated rings. The number of allylic oxidation sites excluding steroid dienone is 4. The van der Waals surface area contributed by atoms with Gasteiger partial charge in [-0.15, -0.1) is 12.6 Å². The van der Waals surface area contributed by atoms with E-state index in [1.165, 1.54) is 0 Å². The lowest BCUT2D eigenvalue weighted by Gasteiger charge is -2.59. The highest BCUT2D eigenvalue weighted by atomic mass is 32.1. The quantitative estimate of drug-likeness (QED) is 0.627. The van der Waals surface area contributed by atoms with Gasteiger partial charge in [0.1, 0.15) is 5.60 Å². The summed E-state index contributed by atoms with van der Waals surface area (Å²) in [6.45, 7) is 4.07. The van der Waals surface area contributed by atoms with Crippen molar-refractivity contribution >= 4 is 23.5 Å². The van der Waals surface area contributed by atoms with E-state index in [1.807, 2.05) is 13.0 Å². The monoisotopic (exact) mass is 362 g/mol. The van der Waals surface area contributed by atoms with Gasteiger partial charge in [-0.3, -0.25) is 9.59 Å². The van der Waals surface area contributed by atoms with Crippen molar-refractivity contribution in [2.75, 3.05) is 0 Å². The first-order chi connectivity index (χ1) is 11.6. The Labute approximate surface area is 153 Å². The fraction of sp³-hybridized carbons (Fsp3) is 0.700. The summed E-state index contributed by atoms with van der Waals surface area (Å²) in [5.41, 5.74) is -1.30. The maximum absolute atomic E-state index is 12.1. The SMILES string of the molecule is CC12C=CC(=O)C=C1CCC1C2C(O)CC2(C)C1CC[C@]2(O)C(=O)S. The molecule has 6 unspecified atom stereocenters. The number of carbonyl (C=O) groups is 2. The number of fused-ring (bicyclic) bond motifs is 5. The predicted molar refractivity (Wildman–Crippen MR) is 96.9 cm³/mol. The minimum absolute atomic E-state index is 0.0206. The number of aliphatic hydroxyl groups excluding tert-OH is 1. The standard InChI is InChI=1S/C20H26O4S/c1-18-7-5-12(21)9-11(18)3-4-13-14-6-8-20(24,17(23)25)19(14,2)10-15(22)16(13)18/h5,7,9,13-16,22,24H,3-4,6,8,10H2,1-2H3,(H,23,25)/t13?,14?,15?,16?,18?,19?,20-/m0/s1. The highest BCUT2D eigenvalue weighted by molar-refractivity contribution is 7.96. The van der Waals surface area contributed by atoms with Gasteiger partial charge in [-0.25, -0.2) is 0 Å². The van der Waals surface area contributed by atoms with Gasteiger partial charge in [0.15, 0.2) is 5.78 Å². The maximum Gasteiger partial charge on any atom is 0.218 e. The number of aliphatic hydroxyl groups is 2. The van der Waals surface area contributed by atoms with Crippen molar-refractivity contribution in [3.05, 3.63) is 23.8 Å². The highest BCUT2D eigenvalue weighted by Crippen LogP contribution is 2.67. The second kappa shape index (κ2) is 5.30. The van der Waals surface area contributed by atoms with Crippen LogP contribution >= 0.6 is 12.6 Å². The molecule has 0 aliphatic heterocycles.